The van der Waals surface area contributed by atoms with Gasteiger partial charge in [-0.1, -0.05) is 27.7 Å². The van der Waals surface area contributed by atoms with Crippen LogP contribution >= 0.6 is 0 Å². The topological polar surface area (TPSA) is 0 Å². The van der Waals surface area contributed by atoms with Crippen molar-refractivity contribution in [2.24, 2.45) is 11.8 Å². The Morgan fingerprint density at radius 1 is 1.17 bits per heavy atom. The molecule has 0 unspecified atom stereocenters. The Balaban J connectivity index is 2.99. The molecule has 0 aliphatic rings. The second-order valence-electron chi connectivity index (χ2n) is 2.22. The van der Waals surface area contributed by atoms with Crippen LogP contribution in [0.5, 0.6) is 0 Å². The molecule has 0 amide bonds. The van der Waals surface area contributed by atoms with Gasteiger partial charge in [0, 0.05) is 0 Å². The zero-order valence-electron chi connectivity index (χ0n) is 4.86. The van der Waals surface area contributed by atoms with Gasteiger partial charge in [0.15, 0.2) is 0 Å². The van der Waals surface area contributed by atoms with Crippen molar-refractivity contribution in [3.8, 4) is 0 Å². The van der Waals surface area contributed by atoms with Crippen LogP contribution in [0.25, 0.3) is 0 Å². The lowest BCUT2D eigenvalue weighted by Gasteiger charge is -2.05. The zero-order valence-corrected chi connectivity index (χ0v) is 4.86. The Bertz CT molecular complexity index is 21.0. The molecular formula is C6H13. The molecule has 0 fully saturated rings. The molecule has 0 heteroatoms. The van der Waals surface area contributed by atoms with Crippen LogP contribution in [-0.4, -0.2) is 0 Å². The average Bonchev–Trinajstić information content (AvgIpc) is 1.36. The summed E-state index contributed by atoms with van der Waals surface area (Å²) in [6.07, 6.45) is 0. The van der Waals surface area contributed by atoms with Crippen molar-refractivity contribution < 1.29 is 0 Å². The number of rotatable bonds is 1. The molecule has 0 aromatic heterocycles. The molecule has 0 aliphatic carbocycles. The Kier molecular flexibility index (Phi) is 2.22. The first-order chi connectivity index (χ1) is 2.64. The van der Waals surface area contributed by atoms with Crippen LogP contribution in [0.1, 0.15) is 20.8 Å². The number of hydrogen-bond donors (Lipinski definition) is 0. The Morgan fingerprint density at radius 3 is 1.33 bits per heavy atom. The van der Waals surface area contributed by atoms with Gasteiger partial charge in [-0.15, -0.1) is 0 Å². The molecule has 0 rings (SSSR count). The average molecular weight is 85.2 g/mol. The summed E-state index contributed by atoms with van der Waals surface area (Å²) in [7, 11) is 0. The fourth-order valence-electron chi connectivity index (χ4n) is 0. The van der Waals surface area contributed by atoms with Gasteiger partial charge in [0.25, 0.3) is 0 Å². The molecule has 0 heterocycles. The monoisotopic (exact) mass is 85.1 g/mol. The molecule has 1 radical (unpaired) electrons. The molecular weight excluding hydrogens is 72.1 g/mol. The predicted molar refractivity (Wildman–Crippen MR) is 29.4 cm³/mol. The van der Waals surface area contributed by atoms with Crippen molar-refractivity contribution in [2.45, 2.75) is 20.8 Å². The molecule has 0 aromatic carbocycles. The summed E-state index contributed by atoms with van der Waals surface area (Å²) in [5.74, 6) is 1.34. The van der Waals surface area contributed by atoms with E-state index in [9.17, 15) is 0 Å². The molecule has 0 nitrogen and oxygen atoms in total. The third-order valence-electron chi connectivity index (χ3n) is 1.14. The van der Waals surface area contributed by atoms with E-state index in [1.807, 2.05) is 0 Å². The van der Waals surface area contributed by atoms with Crippen molar-refractivity contribution in [3.63, 3.8) is 0 Å². The van der Waals surface area contributed by atoms with Crippen LogP contribution in [-0.2, 0) is 0 Å². The number of hydrogen-bond acceptors (Lipinski definition) is 0. The van der Waals surface area contributed by atoms with E-state index in [1.165, 1.54) is 0 Å². The maximum atomic E-state index is 3.84. The van der Waals surface area contributed by atoms with E-state index in [0.717, 1.165) is 5.92 Å². The van der Waals surface area contributed by atoms with Gasteiger partial charge < -0.3 is 0 Å². The molecule has 0 bridgehead atoms. The molecule has 0 aromatic rings. The molecule has 0 saturated carbocycles. The van der Waals surface area contributed by atoms with E-state index in [-0.39, 0.29) is 0 Å². The third kappa shape index (κ3) is 2.25. The molecule has 1 atom stereocenters. The lowest BCUT2D eigenvalue weighted by atomic mass is 10.0. The summed E-state index contributed by atoms with van der Waals surface area (Å²) in [4.78, 5) is 0. The van der Waals surface area contributed by atoms with Gasteiger partial charge in [-0.05, 0) is 11.8 Å². The van der Waals surface area contributed by atoms with Crippen LogP contribution in [0.3, 0.4) is 0 Å². The van der Waals surface area contributed by atoms with Crippen LogP contribution in [0.2, 0.25) is 0 Å². The first-order valence-electron chi connectivity index (χ1n) is 2.47. The first-order valence-corrected chi connectivity index (χ1v) is 2.47. The molecule has 0 saturated heterocycles. The quantitative estimate of drug-likeness (QED) is 0.457. The standard InChI is InChI=1S/C6H13/c1-5(2)6(3)4/h5-6H,1H2,2-4H3/t5-/m0/s1. The van der Waals surface area contributed by atoms with Crippen LogP contribution < -0.4 is 0 Å². The molecule has 37 valence electrons. The van der Waals surface area contributed by atoms with Gasteiger partial charge in [0.2, 0.25) is 0 Å². The lowest BCUT2D eigenvalue weighted by molar-refractivity contribution is 0.501. The maximum absolute atomic E-state index is 3.84. The largest absolute Gasteiger partial charge is 0.0625 e. The normalized spacial score (nSPS) is 11.0. The van der Waals surface area contributed by atoms with E-state index in [1.54, 1.807) is 0 Å². The summed E-state index contributed by atoms with van der Waals surface area (Å²) in [5, 5.41) is 0. The summed E-state index contributed by atoms with van der Waals surface area (Å²) >= 11 is 0. The maximum Gasteiger partial charge on any atom is -0.0420 e. The van der Waals surface area contributed by atoms with Crippen molar-refractivity contribution in [3.05, 3.63) is 6.92 Å². The van der Waals surface area contributed by atoms with Gasteiger partial charge in [-0.25, -0.2) is 0 Å². The Hall–Kier alpha value is 0. The predicted octanol–water partition coefficient (Wildman–Crippen LogP) is 2.11. The van der Waals surface area contributed by atoms with Gasteiger partial charge in [-0.2, -0.15) is 0 Å². The van der Waals surface area contributed by atoms with E-state index < -0.39 is 0 Å². The fourth-order valence-corrected chi connectivity index (χ4v) is 0. The Labute approximate surface area is 40.6 Å². The second kappa shape index (κ2) is 2.22. The minimum Gasteiger partial charge on any atom is -0.0625 e. The SMILES string of the molecule is [CH2][C@@H](C)C(C)C. The second-order valence-corrected chi connectivity index (χ2v) is 2.22. The summed E-state index contributed by atoms with van der Waals surface area (Å²) in [6, 6.07) is 0. The summed E-state index contributed by atoms with van der Waals surface area (Å²) in [5.41, 5.74) is 0. The smallest absolute Gasteiger partial charge is 0.0420 e. The summed E-state index contributed by atoms with van der Waals surface area (Å²) in [6.45, 7) is 10.3. The van der Waals surface area contributed by atoms with Crippen molar-refractivity contribution in [2.75, 3.05) is 0 Å². The minimum absolute atomic E-state index is 0.602. The third-order valence-corrected chi connectivity index (χ3v) is 1.14. The van der Waals surface area contributed by atoms with Crippen molar-refractivity contribution in [1.82, 2.24) is 0 Å². The first kappa shape index (κ1) is 6.00. The van der Waals surface area contributed by atoms with Crippen LogP contribution in [0.4, 0.5) is 0 Å². The van der Waals surface area contributed by atoms with Crippen molar-refractivity contribution in [1.29, 1.82) is 0 Å². The highest BCUT2D eigenvalue weighted by atomic mass is 14.0. The van der Waals surface area contributed by atoms with Gasteiger partial charge in [0.1, 0.15) is 0 Å². The van der Waals surface area contributed by atoms with Crippen molar-refractivity contribution >= 4 is 0 Å². The lowest BCUT2D eigenvalue weighted by Crippen LogP contribution is -1.96. The van der Waals surface area contributed by atoms with E-state index in [2.05, 4.69) is 27.7 Å². The molecule has 0 aliphatic heterocycles. The highest BCUT2D eigenvalue weighted by Gasteiger charge is 1.95. The highest BCUT2D eigenvalue weighted by Crippen LogP contribution is 2.05. The Morgan fingerprint density at radius 2 is 1.33 bits per heavy atom. The van der Waals surface area contributed by atoms with Crippen LogP contribution in [0, 0.1) is 18.8 Å². The van der Waals surface area contributed by atoms with E-state index in [0.29, 0.717) is 5.92 Å². The molecule has 0 spiro atoms. The fraction of sp³-hybridized carbons (Fsp3) is 0.833. The van der Waals surface area contributed by atoms with Gasteiger partial charge >= 0.3 is 0 Å². The summed E-state index contributed by atoms with van der Waals surface area (Å²) < 4.78 is 0. The van der Waals surface area contributed by atoms with E-state index >= 15 is 0 Å². The van der Waals surface area contributed by atoms with Crippen LogP contribution in [0.15, 0.2) is 0 Å². The highest BCUT2D eigenvalue weighted by molar-refractivity contribution is 4.56. The molecule has 0 N–H and O–H groups in total. The zero-order chi connectivity index (χ0) is 5.15. The van der Waals surface area contributed by atoms with E-state index in [4.69, 9.17) is 0 Å². The van der Waals surface area contributed by atoms with Gasteiger partial charge in [0.05, 0.1) is 0 Å². The molecule has 6 heavy (non-hydrogen) atoms. The minimum atomic E-state index is 0.602. The van der Waals surface area contributed by atoms with Gasteiger partial charge in [-0.3, -0.25) is 0 Å².